The molecule has 1 amide bonds. The van der Waals surface area contributed by atoms with E-state index in [0.29, 0.717) is 11.3 Å². The van der Waals surface area contributed by atoms with E-state index in [9.17, 15) is 27.2 Å². The van der Waals surface area contributed by atoms with Crippen molar-refractivity contribution in [2.24, 2.45) is 0 Å². The number of benzene rings is 2. The first-order valence-corrected chi connectivity index (χ1v) is 10.6. The number of esters is 2. The molecule has 0 spiro atoms. The van der Waals surface area contributed by atoms with Gasteiger partial charge in [0, 0.05) is 5.69 Å². The molecule has 0 radical (unpaired) electrons. The lowest BCUT2D eigenvalue weighted by Gasteiger charge is -2.14. The molecule has 2 rings (SSSR count). The van der Waals surface area contributed by atoms with Crippen LogP contribution in [0, 0.1) is 5.82 Å². The molecule has 1 atom stereocenters. The summed E-state index contributed by atoms with van der Waals surface area (Å²) >= 11 is 0. The van der Waals surface area contributed by atoms with Crippen LogP contribution in [0.3, 0.4) is 0 Å². The van der Waals surface area contributed by atoms with E-state index in [-0.39, 0.29) is 11.5 Å². The molecule has 2 aromatic rings. The van der Waals surface area contributed by atoms with Crippen LogP contribution in [0.2, 0.25) is 0 Å². The van der Waals surface area contributed by atoms with Crippen LogP contribution in [0.25, 0.3) is 0 Å². The van der Waals surface area contributed by atoms with Gasteiger partial charge < -0.3 is 14.8 Å². The molecular weight excluding hydrogens is 431 g/mol. The number of ether oxygens (including phenoxy) is 2. The van der Waals surface area contributed by atoms with Crippen LogP contribution in [0.1, 0.15) is 24.2 Å². The van der Waals surface area contributed by atoms with Gasteiger partial charge in [-0.25, -0.2) is 17.6 Å². The normalized spacial score (nSPS) is 12.0. The Morgan fingerprint density at radius 2 is 1.61 bits per heavy atom. The summed E-state index contributed by atoms with van der Waals surface area (Å²) in [5, 5.41) is 2.47. The van der Waals surface area contributed by atoms with Crippen LogP contribution in [0.15, 0.2) is 53.4 Å². The van der Waals surface area contributed by atoms with E-state index in [1.165, 1.54) is 31.2 Å². The second kappa shape index (κ2) is 10.6. The van der Waals surface area contributed by atoms with Gasteiger partial charge in [-0.1, -0.05) is 0 Å². The van der Waals surface area contributed by atoms with Gasteiger partial charge in [0.25, 0.3) is 5.91 Å². The molecule has 2 aromatic carbocycles. The molecule has 0 saturated carbocycles. The second-order valence-corrected chi connectivity index (χ2v) is 7.96. The highest BCUT2D eigenvalue weighted by molar-refractivity contribution is 7.89. The Morgan fingerprint density at radius 3 is 2.19 bits per heavy atom. The lowest BCUT2D eigenvalue weighted by atomic mass is 10.2. The van der Waals surface area contributed by atoms with Gasteiger partial charge >= 0.3 is 11.9 Å². The van der Waals surface area contributed by atoms with Crippen LogP contribution in [0.5, 0.6) is 0 Å². The van der Waals surface area contributed by atoms with Gasteiger partial charge in [0.1, 0.15) is 11.9 Å². The SMILES string of the molecule is CCOC(=O)c1ccc(NC(=O)COC(=O)[C@@H](C)NS(=O)(=O)c2ccc(F)cc2)cc1. The van der Waals surface area contributed by atoms with Crippen LogP contribution in [0.4, 0.5) is 10.1 Å². The molecule has 31 heavy (non-hydrogen) atoms. The zero-order valence-corrected chi connectivity index (χ0v) is 17.6. The summed E-state index contributed by atoms with van der Waals surface area (Å²) in [6.45, 7) is 2.51. The Kier molecular flexibility index (Phi) is 8.22. The molecule has 11 heteroatoms. The summed E-state index contributed by atoms with van der Waals surface area (Å²) in [5.41, 5.74) is 0.674. The first-order valence-electron chi connectivity index (χ1n) is 9.14. The summed E-state index contributed by atoms with van der Waals surface area (Å²) in [6, 6.07) is 8.65. The summed E-state index contributed by atoms with van der Waals surface area (Å²) in [6.07, 6.45) is 0. The molecule has 0 bridgehead atoms. The Balaban J connectivity index is 1.85. The standard InChI is InChI=1S/C20H21FN2O7S/c1-3-29-20(26)14-4-8-16(9-5-14)22-18(24)12-30-19(25)13(2)23-31(27,28)17-10-6-15(21)7-11-17/h4-11,13,23H,3,12H2,1-2H3,(H,22,24)/t13-/m1/s1. The monoisotopic (exact) mass is 452 g/mol. The van der Waals surface area contributed by atoms with Crippen molar-refractivity contribution in [3.63, 3.8) is 0 Å². The lowest BCUT2D eigenvalue weighted by Crippen LogP contribution is -2.40. The van der Waals surface area contributed by atoms with Crippen molar-refractivity contribution in [1.82, 2.24) is 4.72 Å². The van der Waals surface area contributed by atoms with E-state index in [1.807, 2.05) is 0 Å². The third kappa shape index (κ3) is 7.15. The van der Waals surface area contributed by atoms with Crippen molar-refractivity contribution in [2.75, 3.05) is 18.5 Å². The maximum atomic E-state index is 12.9. The van der Waals surface area contributed by atoms with E-state index in [1.54, 1.807) is 6.92 Å². The zero-order valence-electron chi connectivity index (χ0n) is 16.8. The fraction of sp³-hybridized carbons (Fsp3) is 0.250. The molecule has 0 fully saturated rings. The third-order valence-electron chi connectivity index (χ3n) is 3.83. The predicted octanol–water partition coefficient (Wildman–Crippen LogP) is 1.85. The maximum absolute atomic E-state index is 12.9. The lowest BCUT2D eigenvalue weighted by molar-refractivity contribution is -0.148. The van der Waals surface area contributed by atoms with Gasteiger partial charge in [0.15, 0.2) is 6.61 Å². The van der Waals surface area contributed by atoms with Gasteiger partial charge in [-0.3, -0.25) is 9.59 Å². The molecule has 2 N–H and O–H groups in total. The van der Waals surface area contributed by atoms with E-state index in [4.69, 9.17) is 9.47 Å². The number of sulfonamides is 1. The Morgan fingerprint density at radius 1 is 1.00 bits per heavy atom. The smallest absolute Gasteiger partial charge is 0.338 e. The molecule has 0 saturated heterocycles. The molecule has 0 aliphatic carbocycles. The largest absolute Gasteiger partial charge is 0.462 e. The number of carbonyl (C=O) groups is 3. The van der Waals surface area contributed by atoms with Crippen LogP contribution in [-0.2, 0) is 29.1 Å². The first-order chi connectivity index (χ1) is 14.6. The topological polar surface area (TPSA) is 128 Å². The summed E-state index contributed by atoms with van der Waals surface area (Å²) < 4.78 is 49.1. The highest BCUT2D eigenvalue weighted by Crippen LogP contribution is 2.12. The van der Waals surface area contributed by atoms with Gasteiger partial charge in [-0.15, -0.1) is 0 Å². The Bertz CT molecular complexity index is 1040. The van der Waals surface area contributed by atoms with E-state index >= 15 is 0 Å². The van der Waals surface area contributed by atoms with E-state index in [2.05, 4.69) is 10.0 Å². The quantitative estimate of drug-likeness (QED) is 0.556. The number of nitrogens with one attached hydrogen (secondary N) is 2. The number of carbonyl (C=O) groups excluding carboxylic acids is 3. The molecule has 166 valence electrons. The second-order valence-electron chi connectivity index (χ2n) is 6.25. The Labute approximate surface area is 178 Å². The van der Waals surface area contributed by atoms with Crippen molar-refractivity contribution in [3.05, 3.63) is 59.9 Å². The minimum absolute atomic E-state index is 0.224. The molecule has 0 unspecified atom stereocenters. The molecule has 0 aliphatic rings. The molecule has 0 heterocycles. The number of hydrogen-bond donors (Lipinski definition) is 2. The van der Waals surface area contributed by atoms with Gasteiger partial charge in [0.05, 0.1) is 17.1 Å². The average molecular weight is 452 g/mol. The van der Waals surface area contributed by atoms with Crippen molar-refractivity contribution >= 4 is 33.6 Å². The van der Waals surface area contributed by atoms with Gasteiger partial charge in [0.2, 0.25) is 10.0 Å². The number of halogens is 1. The van der Waals surface area contributed by atoms with Crippen molar-refractivity contribution < 1.29 is 36.7 Å². The summed E-state index contributed by atoms with van der Waals surface area (Å²) in [4.78, 5) is 35.3. The average Bonchev–Trinajstić information content (AvgIpc) is 2.72. The molecule has 0 aliphatic heterocycles. The van der Waals surface area contributed by atoms with Gasteiger partial charge in [-0.05, 0) is 62.4 Å². The Hall–Kier alpha value is -3.31. The third-order valence-corrected chi connectivity index (χ3v) is 5.39. The van der Waals surface area contributed by atoms with Gasteiger partial charge in [-0.2, -0.15) is 4.72 Å². The summed E-state index contributed by atoms with van der Waals surface area (Å²) in [7, 11) is -4.08. The fourth-order valence-electron chi connectivity index (χ4n) is 2.33. The van der Waals surface area contributed by atoms with Crippen LogP contribution >= 0.6 is 0 Å². The molecule has 9 nitrogen and oxygen atoms in total. The van der Waals surface area contributed by atoms with E-state index < -0.39 is 46.3 Å². The fourth-order valence-corrected chi connectivity index (χ4v) is 3.52. The first kappa shape index (κ1) is 24.0. The highest BCUT2D eigenvalue weighted by atomic mass is 32.2. The minimum Gasteiger partial charge on any atom is -0.462 e. The minimum atomic E-state index is -4.08. The zero-order chi connectivity index (χ0) is 23.0. The number of hydrogen-bond acceptors (Lipinski definition) is 7. The van der Waals surface area contributed by atoms with Crippen LogP contribution in [-0.4, -0.2) is 45.5 Å². The van der Waals surface area contributed by atoms with Crippen molar-refractivity contribution in [3.8, 4) is 0 Å². The highest BCUT2D eigenvalue weighted by Gasteiger charge is 2.23. The number of amides is 1. The number of rotatable bonds is 9. The van der Waals surface area contributed by atoms with Crippen LogP contribution < -0.4 is 10.0 Å². The predicted molar refractivity (Wildman–Crippen MR) is 108 cm³/mol. The van der Waals surface area contributed by atoms with Crippen molar-refractivity contribution in [2.45, 2.75) is 24.8 Å². The van der Waals surface area contributed by atoms with E-state index in [0.717, 1.165) is 24.3 Å². The summed E-state index contributed by atoms with van der Waals surface area (Å²) in [5.74, 6) is -2.73. The number of anilines is 1. The molecule has 0 aromatic heterocycles. The molecular formula is C20H21FN2O7S. The van der Waals surface area contributed by atoms with Crippen molar-refractivity contribution in [1.29, 1.82) is 0 Å². The maximum Gasteiger partial charge on any atom is 0.338 e.